The van der Waals surface area contributed by atoms with E-state index in [0.717, 1.165) is 30.3 Å². The van der Waals surface area contributed by atoms with Crippen LogP contribution in [0.2, 0.25) is 0 Å². The fourth-order valence-electron chi connectivity index (χ4n) is 3.71. The standard InChI is InChI=1S/C22H19F3N4.Na/c1-21(9-10-21)19-12-18(29(2)28-19)20-26-16-8-7-13(11-17(16)27-20)14-5-3-4-6-15(14)22(23,24)25;/h3-8,11-12H,9-10H2,1-2H3,(H,26,27);. The van der Waals surface area contributed by atoms with Crippen LogP contribution in [0.15, 0.2) is 48.5 Å². The van der Waals surface area contributed by atoms with Crippen molar-refractivity contribution in [2.24, 2.45) is 7.05 Å². The molecule has 2 aromatic heterocycles. The van der Waals surface area contributed by atoms with Gasteiger partial charge in [0.15, 0.2) is 5.82 Å². The summed E-state index contributed by atoms with van der Waals surface area (Å²) in [6, 6.07) is 12.8. The second kappa shape index (κ2) is 7.25. The number of rotatable bonds is 3. The molecule has 30 heavy (non-hydrogen) atoms. The van der Waals surface area contributed by atoms with Crippen molar-refractivity contribution >= 4 is 40.6 Å². The Hall–Kier alpha value is -2.09. The van der Waals surface area contributed by atoms with Crippen LogP contribution in [0.4, 0.5) is 13.2 Å². The normalized spacial score (nSPS) is 15.2. The number of aromatic nitrogens is 4. The van der Waals surface area contributed by atoms with E-state index in [1.54, 1.807) is 28.9 Å². The SMILES string of the molecule is Cn1nc(C2(C)CC2)cc1-c1nc2ccc(-c3ccccc3C(F)(F)F)cc2[nH]1.[Na]. The van der Waals surface area contributed by atoms with Gasteiger partial charge in [0.1, 0.15) is 5.69 Å². The second-order valence-electron chi connectivity index (χ2n) is 7.96. The average Bonchev–Trinajstić information content (AvgIpc) is 3.12. The molecular formula is C22H19F3N4Na. The summed E-state index contributed by atoms with van der Waals surface area (Å²) in [6.07, 6.45) is -2.15. The van der Waals surface area contributed by atoms with E-state index in [1.807, 2.05) is 13.1 Å². The van der Waals surface area contributed by atoms with Gasteiger partial charge in [0, 0.05) is 42.0 Å². The minimum atomic E-state index is -4.41. The Morgan fingerprint density at radius 3 is 2.50 bits per heavy atom. The summed E-state index contributed by atoms with van der Waals surface area (Å²) in [5.74, 6) is 0.659. The summed E-state index contributed by atoms with van der Waals surface area (Å²) in [7, 11) is 1.88. The molecule has 2 heterocycles. The van der Waals surface area contributed by atoms with Gasteiger partial charge < -0.3 is 4.98 Å². The molecule has 0 amide bonds. The number of H-pyrrole nitrogens is 1. The molecule has 0 aliphatic heterocycles. The molecule has 2 aromatic carbocycles. The first-order chi connectivity index (χ1) is 13.7. The Balaban J connectivity index is 0.00000218. The summed E-state index contributed by atoms with van der Waals surface area (Å²) in [5.41, 5.74) is 3.46. The van der Waals surface area contributed by atoms with Gasteiger partial charge >= 0.3 is 6.18 Å². The first kappa shape index (κ1) is 21.2. The Morgan fingerprint density at radius 2 is 1.80 bits per heavy atom. The molecule has 4 nitrogen and oxygen atoms in total. The van der Waals surface area contributed by atoms with Gasteiger partial charge in [0.2, 0.25) is 0 Å². The molecule has 0 spiro atoms. The summed E-state index contributed by atoms with van der Waals surface area (Å²) in [4.78, 5) is 7.88. The first-order valence-corrected chi connectivity index (χ1v) is 9.46. The third kappa shape index (κ3) is 3.59. The van der Waals surface area contributed by atoms with E-state index in [-0.39, 0.29) is 40.5 Å². The van der Waals surface area contributed by atoms with Gasteiger partial charge in [-0.2, -0.15) is 18.3 Å². The molecule has 0 atom stereocenters. The quantitative estimate of drug-likeness (QED) is 0.457. The van der Waals surface area contributed by atoms with Crippen LogP contribution in [0, 0.1) is 0 Å². The predicted molar refractivity (Wildman–Crippen MR) is 111 cm³/mol. The summed E-state index contributed by atoms with van der Waals surface area (Å²) in [6.45, 7) is 2.20. The zero-order chi connectivity index (χ0) is 20.4. The van der Waals surface area contributed by atoms with Crippen molar-refractivity contribution in [1.29, 1.82) is 0 Å². The summed E-state index contributed by atoms with van der Waals surface area (Å²) in [5, 5.41) is 4.63. The first-order valence-electron chi connectivity index (χ1n) is 9.46. The van der Waals surface area contributed by atoms with Crippen LogP contribution >= 0.6 is 0 Å². The van der Waals surface area contributed by atoms with Crippen molar-refractivity contribution in [1.82, 2.24) is 19.7 Å². The number of aromatic amines is 1. The van der Waals surface area contributed by atoms with Gasteiger partial charge in [-0.15, -0.1) is 0 Å². The fourth-order valence-corrected chi connectivity index (χ4v) is 3.71. The molecule has 5 rings (SSSR count). The van der Waals surface area contributed by atoms with Crippen molar-refractivity contribution in [3.63, 3.8) is 0 Å². The number of benzene rings is 2. The molecule has 1 aliphatic carbocycles. The monoisotopic (exact) mass is 419 g/mol. The maximum atomic E-state index is 13.4. The summed E-state index contributed by atoms with van der Waals surface area (Å²) < 4.78 is 42.0. The minimum absolute atomic E-state index is 0. The number of nitrogens with one attached hydrogen (secondary N) is 1. The van der Waals surface area contributed by atoms with Gasteiger partial charge in [-0.3, -0.25) is 4.68 Å². The third-order valence-electron chi connectivity index (χ3n) is 5.77. The van der Waals surface area contributed by atoms with Crippen LogP contribution in [-0.2, 0) is 18.6 Å². The minimum Gasteiger partial charge on any atom is -0.337 e. The second-order valence-corrected chi connectivity index (χ2v) is 7.96. The molecule has 149 valence electrons. The third-order valence-corrected chi connectivity index (χ3v) is 5.77. The largest absolute Gasteiger partial charge is 0.417 e. The van der Waals surface area contributed by atoms with Crippen molar-refractivity contribution in [2.75, 3.05) is 0 Å². The number of alkyl halides is 3. The summed E-state index contributed by atoms with van der Waals surface area (Å²) >= 11 is 0. The smallest absolute Gasteiger partial charge is 0.337 e. The van der Waals surface area contributed by atoms with Gasteiger partial charge in [-0.25, -0.2) is 4.98 Å². The Bertz CT molecular complexity index is 1230. The van der Waals surface area contributed by atoms with E-state index < -0.39 is 11.7 Å². The van der Waals surface area contributed by atoms with Crippen molar-refractivity contribution in [2.45, 2.75) is 31.4 Å². The Morgan fingerprint density at radius 1 is 1.07 bits per heavy atom. The van der Waals surface area contributed by atoms with E-state index in [9.17, 15) is 13.2 Å². The van der Waals surface area contributed by atoms with Gasteiger partial charge in [0.25, 0.3) is 0 Å². The van der Waals surface area contributed by atoms with Crippen LogP contribution in [-0.4, -0.2) is 49.3 Å². The topological polar surface area (TPSA) is 46.5 Å². The molecule has 0 unspecified atom stereocenters. The molecule has 1 fully saturated rings. The number of nitrogens with zero attached hydrogens (tertiary/aromatic N) is 3. The number of imidazole rings is 1. The Labute approximate surface area is 193 Å². The van der Waals surface area contributed by atoms with E-state index in [2.05, 4.69) is 22.0 Å². The van der Waals surface area contributed by atoms with Crippen molar-refractivity contribution < 1.29 is 13.2 Å². The number of fused-ring (bicyclic) bond motifs is 1. The molecule has 1 radical (unpaired) electrons. The van der Waals surface area contributed by atoms with Crippen molar-refractivity contribution in [3.8, 4) is 22.6 Å². The van der Waals surface area contributed by atoms with Crippen LogP contribution in [0.1, 0.15) is 31.0 Å². The number of hydrogen-bond donors (Lipinski definition) is 1. The average molecular weight is 419 g/mol. The molecule has 0 bridgehead atoms. The van der Waals surface area contributed by atoms with Crippen LogP contribution in [0.3, 0.4) is 0 Å². The van der Waals surface area contributed by atoms with Gasteiger partial charge in [-0.1, -0.05) is 31.2 Å². The van der Waals surface area contributed by atoms with Crippen molar-refractivity contribution in [3.05, 3.63) is 59.8 Å². The molecule has 1 saturated carbocycles. The molecule has 4 aromatic rings. The molecule has 1 N–H and O–H groups in total. The van der Waals surface area contributed by atoms with Gasteiger partial charge in [0.05, 0.1) is 22.3 Å². The molecule has 1 aliphatic rings. The van der Waals surface area contributed by atoms with E-state index in [1.165, 1.54) is 12.1 Å². The molecular weight excluding hydrogens is 400 g/mol. The predicted octanol–water partition coefficient (Wildman–Crippen LogP) is 5.32. The molecule has 8 heteroatoms. The van der Waals surface area contributed by atoms with Gasteiger partial charge in [-0.05, 0) is 48.2 Å². The molecule has 0 saturated heterocycles. The maximum absolute atomic E-state index is 13.4. The van der Waals surface area contributed by atoms with E-state index >= 15 is 0 Å². The number of halogens is 3. The maximum Gasteiger partial charge on any atom is 0.417 e. The fraction of sp³-hybridized carbons (Fsp3) is 0.273. The van der Waals surface area contributed by atoms with Crippen LogP contribution in [0.5, 0.6) is 0 Å². The van der Waals surface area contributed by atoms with Crippen LogP contribution < -0.4 is 0 Å². The van der Waals surface area contributed by atoms with Crippen LogP contribution in [0.25, 0.3) is 33.7 Å². The van der Waals surface area contributed by atoms with E-state index in [4.69, 9.17) is 0 Å². The number of aryl methyl sites for hydroxylation is 1. The Kier molecular flexibility index (Phi) is 5.11. The zero-order valence-corrected chi connectivity index (χ0v) is 19.0. The van der Waals surface area contributed by atoms with E-state index in [0.29, 0.717) is 22.4 Å². The zero-order valence-electron chi connectivity index (χ0n) is 17.0. The number of hydrogen-bond acceptors (Lipinski definition) is 2.